The quantitative estimate of drug-likeness (QED) is 0.363. The van der Waals surface area contributed by atoms with Gasteiger partial charge in [-0.15, -0.1) is 0 Å². The first-order chi connectivity index (χ1) is 16.7. The van der Waals surface area contributed by atoms with E-state index in [1.54, 1.807) is 0 Å². The number of benzene rings is 2. The molecule has 0 aliphatic heterocycles. The summed E-state index contributed by atoms with van der Waals surface area (Å²) in [7, 11) is 2.07. The van der Waals surface area contributed by atoms with Crippen molar-refractivity contribution < 1.29 is 9.53 Å². The van der Waals surface area contributed by atoms with Crippen LogP contribution in [-0.2, 0) is 11.3 Å². The van der Waals surface area contributed by atoms with Crippen LogP contribution in [0.1, 0.15) is 71.3 Å². The van der Waals surface area contributed by atoms with Crippen LogP contribution in [0.25, 0.3) is 0 Å². The van der Waals surface area contributed by atoms with Crippen molar-refractivity contribution >= 4 is 34.7 Å². The molecule has 1 aliphatic rings. The van der Waals surface area contributed by atoms with Gasteiger partial charge in [0.25, 0.3) is 0 Å². The largest absolute Gasteiger partial charge is 0.444 e. The van der Waals surface area contributed by atoms with Gasteiger partial charge in [-0.05, 0) is 69.4 Å². The Kier molecular flexibility index (Phi) is 9.96. The number of rotatable bonds is 9. The van der Waals surface area contributed by atoms with Gasteiger partial charge in [-0.2, -0.15) is 0 Å². The molecule has 0 spiro atoms. The molecule has 5 nitrogen and oxygen atoms in total. The smallest absolute Gasteiger partial charge is 0.408 e. The van der Waals surface area contributed by atoms with E-state index in [1.165, 1.54) is 32.1 Å². The van der Waals surface area contributed by atoms with Crippen molar-refractivity contribution in [2.45, 2.75) is 83.9 Å². The van der Waals surface area contributed by atoms with Gasteiger partial charge in [0.05, 0.1) is 11.0 Å². The summed E-state index contributed by atoms with van der Waals surface area (Å²) in [6.45, 7) is 6.24. The molecule has 1 aliphatic carbocycles. The number of para-hydroxylation sites is 1. The molecule has 0 aromatic heterocycles. The molecule has 0 saturated heterocycles. The average Bonchev–Trinajstić information content (AvgIpc) is 2.85. The second kappa shape index (κ2) is 12.9. The van der Waals surface area contributed by atoms with Crippen LogP contribution >= 0.6 is 12.2 Å². The van der Waals surface area contributed by atoms with E-state index in [2.05, 4.69) is 59.0 Å². The molecular weight excluding hydrogens is 454 g/mol. The summed E-state index contributed by atoms with van der Waals surface area (Å²) in [5, 5.41) is 6.40. The maximum absolute atomic E-state index is 12.5. The van der Waals surface area contributed by atoms with Crippen LogP contribution in [0.2, 0.25) is 0 Å². The van der Waals surface area contributed by atoms with E-state index in [1.807, 2.05) is 39.0 Å². The topological polar surface area (TPSA) is 53.6 Å². The number of thiocarbonyl (C=S) groups is 1. The number of carbonyl (C=O) groups excluding carboxylic acids is 1. The van der Waals surface area contributed by atoms with Gasteiger partial charge >= 0.3 is 6.09 Å². The first-order valence-electron chi connectivity index (χ1n) is 12.9. The van der Waals surface area contributed by atoms with Crippen molar-refractivity contribution in [1.29, 1.82) is 0 Å². The molecule has 2 aromatic rings. The van der Waals surface area contributed by atoms with Crippen molar-refractivity contribution in [2.24, 2.45) is 5.92 Å². The zero-order valence-electron chi connectivity index (χ0n) is 21.7. The van der Waals surface area contributed by atoms with Gasteiger partial charge in [-0.1, -0.05) is 74.7 Å². The van der Waals surface area contributed by atoms with Crippen LogP contribution in [0.4, 0.5) is 16.2 Å². The molecular formula is C29H41N3O2S. The third-order valence-electron chi connectivity index (χ3n) is 6.53. The molecule has 0 unspecified atom stereocenters. The molecule has 6 heteroatoms. The Morgan fingerprint density at radius 2 is 1.66 bits per heavy atom. The summed E-state index contributed by atoms with van der Waals surface area (Å²) in [5.41, 5.74) is 2.87. The van der Waals surface area contributed by atoms with Crippen LogP contribution < -0.4 is 15.5 Å². The first-order valence-corrected chi connectivity index (χ1v) is 13.3. The van der Waals surface area contributed by atoms with Crippen molar-refractivity contribution in [3.63, 3.8) is 0 Å². The number of alkyl carbamates (subject to hydrolysis) is 1. The Labute approximate surface area is 216 Å². The fraction of sp³-hybridized carbons (Fsp3) is 0.517. The van der Waals surface area contributed by atoms with Crippen LogP contribution in [0, 0.1) is 5.92 Å². The average molecular weight is 496 g/mol. The van der Waals surface area contributed by atoms with Gasteiger partial charge < -0.3 is 20.3 Å². The third-order valence-corrected chi connectivity index (χ3v) is 6.96. The lowest BCUT2D eigenvalue weighted by atomic mass is 9.85. The minimum atomic E-state index is -0.540. The van der Waals surface area contributed by atoms with E-state index in [4.69, 9.17) is 17.0 Å². The number of nitrogens with one attached hydrogen (secondary N) is 2. The number of hydrogen-bond donors (Lipinski definition) is 2. The van der Waals surface area contributed by atoms with Gasteiger partial charge in [-0.3, -0.25) is 0 Å². The van der Waals surface area contributed by atoms with E-state index in [0.717, 1.165) is 35.7 Å². The van der Waals surface area contributed by atoms with Crippen LogP contribution in [0.5, 0.6) is 0 Å². The Morgan fingerprint density at radius 3 is 2.29 bits per heavy atom. The number of ether oxygens (including phenoxy) is 1. The first kappa shape index (κ1) is 27.0. The molecule has 190 valence electrons. The lowest BCUT2D eigenvalue weighted by molar-refractivity contribution is 0.0514. The fourth-order valence-corrected chi connectivity index (χ4v) is 4.80. The summed E-state index contributed by atoms with van der Waals surface area (Å²) in [5.74, 6) is 0.726. The minimum Gasteiger partial charge on any atom is -0.444 e. The Bertz CT molecular complexity index is 935. The summed E-state index contributed by atoms with van der Waals surface area (Å²) in [6.07, 6.45) is 8.02. The minimum absolute atomic E-state index is 0.231. The molecule has 35 heavy (non-hydrogen) atoms. The predicted octanol–water partition coefficient (Wildman–Crippen LogP) is 7.13. The highest BCUT2D eigenvalue weighted by Gasteiger charge is 2.24. The van der Waals surface area contributed by atoms with E-state index in [-0.39, 0.29) is 6.04 Å². The summed E-state index contributed by atoms with van der Waals surface area (Å²) in [6, 6.07) is 18.5. The molecule has 2 aromatic carbocycles. The SMILES string of the molecule is CN(c1ccccc1)c1ccc(CNC(=S)[C@@H](CCC2CCCCC2)NC(=O)OC(C)(C)C)cc1. The van der Waals surface area contributed by atoms with Gasteiger partial charge in [0.1, 0.15) is 5.60 Å². The fourth-order valence-electron chi connectivity index (χ4n) is 4.55. The standard InChI is InChI=1S/C29H41N3O2S/c1-29(2,3)34-28(33)31-26(20-17-22-11-7-5-8-12-22)27(35)30-21-23-15-18-25(19-16-23)32(4)24-13-9-6-10-14-24/h6,9-10,13-16,18-19,22,26H,5,7-8,11-12,17,20-21H2,1-4H3,(H,30,35)(H,31,33)/t26-/m1/s1. The highest BCUT2D eigenvalue weighted by Crippen LogP contribution is 2.28. The zero-order chi connectivity index (χ0) is 25.3. The van der Waals surface area contributed by atoms with E-state index in [0.29, 0.717) is 11.5 Å². The molecule has 1 saturated carbocycles. The van der Waals surface area contributed by atoms with Crippen molar-refractivity contribution in [2.75, 3.05) is 11.9 Å². The Morgan fingerprint density at radius 1 is 1.03 bits per heavy atom. The van der Waals surface area contributed by atoms with Crippen molar-refractivity contribution in [1.82, 2.24) is 10.6 Å². The molecule has 1 amide bonds. The molecule has 0 bridgehead atoms. The zero-order valence-corrected chi connectivity index (χ0v) is 22.5. The number of nitrogens with zero attached hydrogens (tertiary/aromatic N) is 1. The second-order valence-corrected chi connectivity index (χ2v) is 11.0. The van der Waals surface area contributed by atoms with Gasteiger partial charge in [0.15, 0.2) is 0 Å². The lowest BCUT2D eigenvalue weighted by Gasteiger charge is -2.27. The highest BCUT2D eigenvalue weighted by atomic mass is 32.1. The monoisotopic (exact) mass is 495 g/mol. The number of hydrogen-bond acceptors (Lipinski definition) is 4. The number of amides is 1. The molecule has 1 atom stereocenters. The summed E-state index contributed by atoms with van der Waals surface area (Å²) in [4.78, 5) is 15.3. The van der Waals surface area contributed by atoms with Gasteiger partial charge in [0, 0.05) is 25.0 Å². The highest BCUT2D eigenvalue weighted by molar-refractivity contribution is 7.80. The number of carbonyl (C=O) groups is 1. The van der Waals surface area contributed by atoms with E-state index >= 15 is 0 Å². The normalized spacial score (nSPS) is 15.2. The van der Waals surface area contributed by atoms with Crippen LogP contribution in [0.3, 0.4) is 0 Å². The van der Waals surface area contributed by atoms with E-state index < -0.39 is 11.7 Å². The van der Waals surface area contributed by atoms with Crippen molar-refractivity contribution in [3.8, 4) is 0 Å². The maximum Gasteiger partial charge on any atom is 0.408 e. The molecule has 0 radical (unpaired) electrons. The van der Waals surface area contributed by atoms with E-state index in [9.17, 15) is 4.79 Å². The van der Waals surface area contributed by atoms with Crippen molar-refractivity contribution in [3.05, 3.63) is 60.2 Å². The Hall–Kier alpha value is -2.60. The van der Waals surface area contributed by atoms with Crippen LogP contribution in [0.15, 0.2) is 54.6 Å². The molecule has 2 N–H and O–H groups in total. The summed E-state index contributed by atoms with van der Waals surface area (Å²) >= 11 is 5.74. The maximum atomic E-state index is 12.5. The third kappa shape index (κ3) is 9.17. The molecule has 0 heterocycles. The number of anilines is 2. The molecule has 3 rings (SSSR count). The summed E-state index contributed by atoms with van der Waals surface area (Å²) < 4.78 is 5.50. The Balaban J connectivity index is 1.57. The second-order valence-electron chi connectivity index (χ2n) is 10.6. The van der Waals surface area contributed by atoms with Gasteiger partial charge in [-0.25, -0.2) is 4.79 Å². The lowest BCUT2D eigenvalue weighted by Crippen LogP contribution is -2.47. The van der Waals surface area contributed by atoms with Crippen LogP contribution in [-0.4, -0.2) is 29.8 Å². The van der Waals surface area contributed by atoms with Gasteiger partial charge in [0.2, 0.25) is 0 Å². The predicted molar refractivity (Wildman–Crippen MR) is 149 cm³/mol. The molecule has 1 fully saturated rings.